The van der Waals surface area contributed by atoms with E-state index in [9.17, 15) is 4.79 Å². The van der Waals surface area contributed by atoms with E-state index in [0.29, 0.717) is 25.2 Å². The van der Waals surface area contributed by atoms with Gasteiger partial charge in [-0.1, -0.05) is 0 Å². The molecule has 1 heterocycles. The van der Waals surface area contributed by atoms with Crippen LogP contribution in [0.5, 0.6) is 0 Å². The molecule has 62 valence electrons. The standard InChI is InChI=1S/C7H12N2O2/c10-7-8-3-6(4-11-7)9-5-1-2-5/h5-6,9H,1-4H2,(H,8,10). The van der Waals surface area contributed by atoms with E-state index in [1.165, 1.54) is 12.8 Å². The molecule has 0 spiro atoms. The fourth-order valence-electron chi connectivity index (χ4n) is 1.18. The van der Waals surface area contributed by atoms with Gasteiger partial charge in [0.2, 0.25) is 0 Å². The summed E-state index contributed by atoms with van der Waals surface area (Å²) >= 11 is 0. The molecular weight excluding hydrogens is 144 g/mol. The zero-order valence-corrected chi connectivity index (χ0v) is 6.30. The first-order chi connectivity index (χ1) is 5.34. The molecule has 1 aliphatic heterocycles. The number of amides is 1. The molecular formula is C7H12N2O2. The van der Waals surface area contributed by atoms with Crippen molar-refractivity contribution in [3.63, 3.8) is 0 Å². The first-order valence-corrected chi connectivity index (χ1v) is 4.01. The molecule has 2 N–H and O–H groups in total. The van der Waals surface area contributed by atoms with E-state index in [-0.39, 0.29) is 6.09 Å². The van der Waals surface area contributed by atoms with Gasteiger partial charge in [0.25, 0.3) is 0 Å². The highest BCUT2D eigenvalue weighted by molar-refractivity contribution is 5.67. The monoisotopic (exact) mass is 156 g/mol. The van der Waals surface area contributed by atoms with Gasteiger partial charge in [-0.2, -0.15) is 0 Å². The maximum atomic E-state index is 10.5. The first kappa shape index (κ1) is 6.91. The fraction of sp³-hybridized carbons (Fsp3) is 0.857. The molecule has 11 heavy (non-hydrogen) atoms. The number of carbonyl (C=O) groups is 1. The van der Waals surface area contributed by atoms with Crippen LogP contribution in [0.2, 0.25) is 0 Å². The Hall–Kier alpha value is -0.770. The predicted octanol–water partition coefficient (Wildman–Crippen LogP) is -0.153. The highest BCUT2D eigenvalue weighted by atomic mass is 16.6. The Morgan fingerprint density at radius 1 is 1.45 bits per heavy atom. The summed E-state index contributed by atoms with van der Waals surface area (Å²) in [5.41, 5.74) is 0. The SMILES string of the molecule is O=C1NCC(NC2CC2)CO1. The second-order valence-corrected chi connectivity index (χ2v) is 3.12. The van der Waals surface area contributed by atoms with Crippen LogP contribution in [0.1, 0.15) is 12.8 Å². The molecule has 0 aromatic heterocycles. The lowest BCUT2D eigenvalue weighted by atomic mass is 10.3. The molecule has 4 heteroatoms. The normalized spacial score (nSPS) is 30.9. The number of carbonyl (C=O) groups excluding carboxylic acids is 1. The maximum absolute atomic E-state index is 10.5. The third-order valence-corrected chi connectivity index (χ3v) is 1.96. The van der Waals surface area contributed by atoms with Crippen LogP contribution in [0.25, 0.3) is 0 Å². The number of ether oxygens (including phenoxy) is 1. The molecule has 0 bridgehead atoms. The Labute approximate surface area is 65.3 Å². The molecule has 2 aliphatic rings. The van der Waals surface area contributed by atoms with E-state index in [1.54, 1.807) is 0 Å². The highest BCUT2D eigenvalue weighted by Crippen LogP contribution is 2.19. The van der Waals surface area contributed by atoms with Crippen molar-refractivity contribution < 1.29 is 9.53 Å². The molecule has 1 aliphatic carbocycles. The third kappa shape index (κ3) is 1.83. The van der Waals surface area contributed by atoms with Gasteiger partial charge in [-0.05, 0) is 12.8 Å². The number of hydrogen-bond acceptors (Lipinski definition) is 3. The van der Waals surface area contributed by atoms with Crippen LogP contribution in [-0.2, 0) is 4.74 Å². The topological polar surface area (TPSA) is 50.4 Å². The third-order valence-electron chi connectivity index (χ3n) is 1.96. The summed E-state index contributed by atoms with van der Waals surface area (Å²) in [6.45, 7) is 1.22. The van der Waals surface area contributed by atoms with E-state index >= 15 is 0 Å². The van der Waals surface area contributed by atoms with Gasteiger partial charge >= 0.3 is 6.09 Å². The van der Waals surface area contributed by atoms with Crippen LogP contribution < -0.4 is 10.6 Å². The number of nitrogens with one attached hydrogen (secondary N) is 2. The van der Waals surface area contributed by atoms with Crippen molar-refractivity contribution in [1.29, 1.82) is 0 Å². The number of rotatable bonds is 2. The largest absolute Gasteiger partial charge is 0.448 e. The summed E-state index contributed by atoms with van der Waals surface area (Å²) < 4.78 is 4.81. The average Bonchev–Trinajstić information content (AvgIpc) is 2.78. The molecule has 1 unspecified atom stereocenters. The van der Waals surface area contributed by atoms with Gasteiger partial charge in [0.1, 0.15) is 6.61 Å². The molecule has 0 aromatic rings. The molecule has 2 fully saturated rings. The summed E-state index contributed by atoms with van der Waals surface area (Å²) in [4.78, 5) is 10.5. The Morgan fingerprint density at radius 3 is 2.82 bits per heavy atom. The number of cyclic esters (lactones) is 1. The lowest BCUT2D eigenvalue weighted by Crippen LogP contribution is -2.50. The van der Waals surface area contributed by atoms with Crippen molar-refractivity contribution in [2.75, 3.05) is 13.2 Å². The summed E-state index contributed by atoms with van der Waals surface area (Å²) in [5, 5.41) is 6.02. The van der Waals surface area contributed by atoms with Crippen molar-refractivity contribution in [2.45, 2.75) is 24.9 Å². The lowest BCUT2D eigenvalue weighted by Gasteiger charge is -2.23. The second kappa shape index (κ2) is 2.70. The van der Waals surface area contributed by atoms with Gasteiger partial charge in [0, 0.05) is 12.6 Å². The quantitative estimate of drug-likeness (QED) is 0.584. The van der Waals surface area contributed by atoms with Crippen LogP contribution >= 0.6 is 0 Å². The van der Waals surface area contributed by atoms with Crippen molar-refractivity contribution in [3.8, 4) is 0 Å². The van der Waals surface area contributed by atoms with Gasteiger partial charge in [-0.15, -0.1) is 0 Å². The zero-order chi connectivity index (χ0) is 7.68. The van der Waals surface area contributed by atoms with E-state index in [0.717, 1.165) is 0 Å². The van der Waals surface area contributed by atoms with E-state index in [2.05, 4.69) is 10.6 Å². The molecule has 1 amide bonds. The summed E-state index contributed by atoms with van der Waals surface area (Å²) in [7, 11) is 0. The Morgan fingerprint density at radius 2 is 2.27 bits per heavy atom. The van der Waals surface area contributed by atoms with Crippen molar-refractivity contribution in [1.82, 2.24) is 10.6 Å². The van der Waals surface area contributed by atoms with E-state index in [1.807, 2.05) is 0 Å². The molecule has 0 aromatic carbocycles. The van der Waals surface area contributed by atoms with Crippen LogP contribution in [0.4, 0.5) is 4.79 Å². The molecule has 0 radical (unpaired) electrons. The van der Waals surface area contributed by atoms with Gasteiger partial charge in [0.05, 0.1) is 6.04 Å². The van der Waals surface area contributed by atoms with Gasteiger partial charge < -0.3 is 15.4 Å². The summed E-state index contributed by atoms with van der Waals surface area (Å²) in [6, 6.07) is 0.999. The van der Waals surface area contributed by atoms with Gasteiger partial charge in [0.15, 0.2) is 0 Å². The molecule has 2 rings (SSSR count). The van der Waals surface area contributed by atoms with Crippen LogP contribution in [0, 0.1) is 0 Å². The molecule has 1 saturated heterocycles. The lowest BCUT2D eigenvalue weighted by molar-refractivity contribution is 0.112. The Kier molecular flexibility index (Phi) is 1.69. The zero-order valence-electron chi connectivity index (χ0n) is 6.30. The van der Waals surface area contributed by atoms with Crippen molar-refractivity contribution in [3.05, 3.63) is 0 Å². The smallest absolute Gasteiger partial charge is 0.407 e. The van der Waals surface area contributed by atoms with Crippen LogP contribution in [-0.4, -0.2) is 31.3 Å². The minimum absolute atomic E-state index is 0.293. The molecule has 1 saturated carbocycles. The van der Waals surface area contributed by atoms with Crippen molar-refractivity contribution in [2.24, 2.45) is 0 Å². The molecule has 1 atom stereocenters. The minimum Gasteiger partial charge on any atom is -0.448 e. The van der Waals surface area contributed by atoms with Gasteiger partial charge in [-0.25, -0.2) is 4.79 Å². The van der Waals surface area contributed by atoms with Crippen molar-refractivity contribution >= 4 is 6.09 Å². The fourth-order valence-corrected chi connectivity index (χ4v) is 1.18. The summed E-state index contributed by atoms with van der Waals surface area (Å²) in [5.74, 6) is 0. The minimum atomic E-state index is -0.293. The van der Waals surface area contributed by atoms with Gasteiger partial charge in [-0.3, -0.25) is 0 Å². The molecule has 4 nitrogen and oxygen atoms in total. The Bertz CT molecular complexity index is 158. The summed E-state index contributed by atoms with van der Waals surface area (Å²) in [6.07, 6.45) is 2.24. The maximum Gasteiger partial charge on any atom is 0.407 e. The first-order valence-electron chi connectivity index (χ1n) is 4.01. The van der Waals surface area contributed by atoms with E-state index in [4.69, 9.17) is 4.74 Å². The average molecular weight is 156 g/mol. The van der Waals surface area contributed by atoms with Crippen LogP contribution in [0.3, 0.4) is 0 Å². The Balaban J connectivity index is 1.73. The van der Waals surface area contributed by atoms with Crippen LogP contribution in [0.15, 0.2) is 0 Å². The predicted molar refractivity (Wildman–Crippen MR) is 39.3 cm³/mol. The highest BCUT2D eigenvalue weighted by Gasteiger charge is 2.27. The second-order valence-electron chi connectivity index (χ2n) is 3.12. The number of alkyl carbamates (subject to hydrolysis) is 1. The number of hydrogen-bond donors (Lipinski definition) is 2. The van der Waals surface area contributed by atoms with E-state index < -0.39 is 0 Å².